The molecule has 5 nitrogen and oxygen atoms in total. The van der Waals surface area contributed by atoms with E-state index in [1.807, 2.05) is 6.92 Å². The molecular weight excluding hydrogens is 277 g/mol. The van der Waals surface area contributed by atoms with Crippen LogP contribution in [0.3, 0.4) is 0 Å². The number of nitrogens with zero attached hydrogens (tertiary/aromatic N) is 2. The zero-order chi connectivity index (χ0) is 14.8. The van der Waals surface area contributed by atoms with Crippen molar-refractivity contribution in [1.29, 1.82) is 0 Å². The fraction of sp³-hybridized carbons (Fsp3) is 0.750. The van der Waals surface area contributed by atoms with E-state index in [1.165, 1.54) is 0 Å². The molecule has 2 rings (SSSR count). The number of alkyl halides is 3. The van der Waals surface area contributed by atoms with Crippen LogP contribution in [0.1, 0.15) is 44.3 Å². The number of hydrogen-bond acceptors (Lipinski definition) is 5. The second kappa shape index (κ2) is 5.51. The molecule has 0 atom stereocenters. The number of aromatic nitrogens is 2. The molecule has 0 N–H and O–H groups in total. The molecular formula is C12H15F3N2O3. The number of ketones is 1. The summed E-state index contributed by atoms with van der Waals surface area (Å²) in [4.78, 5) is 14.8. The van der Waals surface area contributed by atoms with E-state index in [2.05, 4.69) is 10.1 Å². The Bertz CT molecular complexity index is 479. The first-order valence-electron chi connectivity index (χ1n) is 6.44. The van der Waals surface area contributed by atoms with E-state index < -0.39 is 24.0 Å². The number of rotatable bonds is 5. The third kappa shape index (κ3) is 3.00. The molecule has 1 aromatic rings. The second-order valence-electron chi connectivity index (χ2n) is 4.74. The molecule has 0 radical (unpaired) electrons. The second-order valence-corrected chi connectivity index (χ2v) is 4.74. The van der Waals surface area contributed by atoms with Gasteiger partial charge in [-0.1, -0.05) is 5.16 Å². The number of ether oxygens (including phenoxy) is 1. The Morgan fingerprint density at radius 2 is 2.05 bits per heavy atom. The first-order valence-corrected chi connectivity index (χ1v) is 6.44. The highest BCUT2D eigenvalue weighted by Crippen LogP contribution is 2.40. The summed E-state index contributed by atoms with van der Waals surface area (Å²) in [5.74, 6) is -1.99. The van der Waals surface area contributed by atoms with Crippen molar-refractivity contribution in [3.05, 3.63) is 11.7 Å². The van der Waals surface area contributed by atoms with Crippen LogP contribution in [0.4, 0.5) is 13.2 Å². The fourth-order valence-corrected chi connectivity index (χ4v) is 2.40. The van der Waals surface area contributed by atoms with Gasteiger partial charge in [-0.25, -0.2) is 0 Å². The summed E-state index contributed by atoms with van der Waals surface area (Å²) in [6, 6.07) is 0. The van der Waals surface area contributed by atoms with Gasteiger partial charge in [0.15, 0.2) is 0 Å². The lowest BCUT2D eigenvalue weighted by atomic mass is 10.0. The van der Waals surface area contributed by atoms with Crippen LogP contribution in [-0.4, -0.2) is 28.7 Å². The van der Waals surface area contributed by atoms with Crippen LogP contribution in [0.15, 0.2) is 4.52 Å². The van der Waals surface area contributed by atoms with Crippen molar-refractivity contribution >= 4 is 5.78 Å². The normalized spacial score (nSPS) is 18.4. The van der Waals surface area contributed by atoms with Gasteiger partial charge in [0.2, 0.25) is 17.5 Å². The zero-order valence-corrected chi connectivity index (χ0v) is 11.0. The molecule has 1 aliphatic rings. The summed E-state index contributed by atoms with van der Waals surface area (Å²) in [5, 5.41) is 3.69. The van der Waals surface area contributed by atoms with E-state index in [1.54, 1.807) is 0 Å². The predicted molar refractivity (Wildman–Crippen MR) is 60.8 cm³/mol. The van der Waals surface area contributed by atoms with Crippen LogP contribution in [-0.2, 0) is 21.6 Å². The van der Waals surface area contributed by atoms with Gasteiger partial charge in [0.1, 0.15) is 5.60 Å². The van der Waals surface area contributed by atoms with E-state index in [0.29, 0.717) is 19.4 Å². The molecule has 0 aliphatic heterocycles. The molecule has 1 aliphatic carbocycles. The molecule has 0 saturated heterocycles. The minimum absolute atomic E-state index is 0.238. The van der Waals surface area contributed by atoms with E-state index in [-0.39, 0.29) is 11.7 Å². The predicted octanol–water partition coefficient (Wildman–Crippen LogP) is 2.55. The maximum absolute atomic E-state index is 12.2. The van der Waals surface area contributed by atoms with Crippen molar-refractivity contribution in [2.75, 3.05) is 6.61 Å². The van der Waals surface area contributed by atoms with Gasteiger partial charge in [0, 0.05) is 6.61 Å². The first-order chi connectivity index (χ1) is 9.37. The van der Waals surface area contributed by atoms with Gasteiger partial charge in [-0.3, -0.25) is 4.79 Å². The SMILES string of the molecule is CCOC1(c2noc(CC(=O)C(F)(F)F)n2)CCCC1. The third-order valence-electron chi connectivity index (χ3n) is 3.34. The number of carbonyl (C=O) groups is 1. The summed E-state index contributed by atoms with van der Waals surface area (Å²) in [7, 11) is 0. The average molecular weight is 292 g/mol. The number of hydrogen-bond donors (Lipinski definition) is 0. The van der Waals surface area contributed by atoms with Crippen molar-refractivity contribution in [2.24, 2.45) is 0 Å². The Labute approximate surface area is 113 Å². The molecule has 0 unspecified atom stereocenters. The van der Waals surface area contributed by atoms with E-state index in [9.17, 15) is 18.0 Å². The maximum atomic E-state index is 12.2. The highest BCUT2D eigenvalue weighted by atomic mass is 19.4. The molecule has 0 aromatic carbocycles. The topological polar surface area (TPSA) is 65.2 Å². The summed E-state index contributed by atoms with van der Waals surface area (Å²) in [5.41, 5.74) is -0.683. The highest BCUT2D eigenvalue weighted by molar-refractivity contribution is 5.85. The molecule has 1 saturated carbocycles. The van der Waals surface area contributed by atoms with E-state index >= 15 is 0 Å². The molecule has 1 aromatic heterocycles. The van der Waals surface area contributed by atoms with Gasteiger partial charge in [-0.2, -0.15) is 18.2 Å². The van der Waals surface area contributed by atoms with Crippen LogP contribution in [0.5, 0.6) is 0 Å². The summed E-state index contributed by atoms with van der Waals surface area (Å²) >= 11 is 0. The van der Waals surface area contributed by atoms with Crippen LogP contribution in [0.2, 0.25) is 0 Å². The summed E-state index contributed by atoms with van der Waals surface area (Å²) in [6.07, 6.45) is -2.55. The Kier molecular flexibility index (Phi) is 4.12. The quantitative estimate of drug-likeness (QED) is 0.834. The van der Waals surface area contributed by atoms with Crippen LogP contribution in [0.25, 0.3) is 0 Å². The van der Waals surface area contributed by atoms with Gasteiger partial charge < -0.3 is 9.26 Å². The van der Waals surface area contributed by atoms with Gasteiger partial charge in [-0.05, 0) is 32.6 Å². The lowest BCUT2D eigenvalue weighted by Crippen LogP contribution is -2.28. The Balaban J connectivity index is 2.14. The smallest absolute Gasteiger partial charge is 0.367 e. The third-order valence-corrected chi connectivity index (χ3v) is 3.34. The highest BCUT2D eigenvalue weighted by Gasteiger charge is 2.42. The standard InChI is InChI=1S/C12H15F3N2O3/c1-2-19-11(5-3-4-6-11)10-16-9(20-17-10)7-8(18)12(13,14)15/h2-7H2,1H3. The maximum Gasteiger partial charge on any atom is 0.450 e. The lowest BCUT2D eigenvalue weighted by molar-refractivity contribution is -0.170. The molecule has 1 fully saturated rings. The Hall–Kier alpha value is -1.44. The van der Waals surface area contributed by atoms with E-state index in [0.717, 1.165) is 12.8 Å². The Morgan fingerprint density at radius 1 is 1.40 bits per heavy atom. The van der Waals surface area contributed by atoms with E-state index in [4.69, 9.17) is 9.26 Å². The minimum atomic E-state index is -4.89. The van der Waals surface area contributed by atoms with Gasteiger partial charge in [0.25, 0.3) is 0 Å². The van der Waals surface area contributed by atoms with Crippen LogP contribution < -0.4 is 0 Å². The number of halogens is 3. The van der Waals surface area contributed by atoms with Crippen molar-refractivity contribution in [2.45, 2.75) is 50.8 Å². The molecule has 112 valence electrons. The van der Waals surface area contributed by atoms with Gasteiger partial charge >= 0.3 is 6.18 Å². The monoisotopic (exact) mass is 292 g/mol. The fourth-order valence-electron chi connectivity index (χ4n) is 2.40. The van der Waals surface area contributed by atoms with Crippen LogP contribution in [0, 0.1) is 0 Å². The zero-order valence-electron chi connectivity index (χ0n) is 11.0. The number of Topliss-reactive ketones (excluding diaryl/α,β-unsaturated/α-hetero) is 1. The number of carbonyl (C=O) groups excluding carboxylic acids is 1. The lowest BCUT2D eigenvalue weighted by Gasteiger charge is -2.24. The average Bonchev–Trinajstić information content (AvgIpc) is 2.98. The summed E-state index contributed by atoms with van der Waals surface area (Å²) < 4.78 is 46.9. The molecule has 20 heavy (non-hydrogen) atoms. The van der Waals surface area contributed by atoms with Crippen LogP contribution >= 0.6 is 0 Å². The molecule has 8 heteroatoms. The molecule has 0 amide bonds. The van der Waals surface area contributed by atoms with Crippen molar-refractivity contribution in [3.8, 4) is 0 Å². The molecule has 0 bridgehead atoms. The van der Waals surface area contributed by atoms with Crippen molar-refractivity contribution in [3.63, 3.8) is 0 Å². The first kappa shape index (κ1) is 15.0. The van der Waals surface area contributed by atoms with Gasteiger partial charge in [0.05, 0.1) is 6.42 Å². The minimum Gasteiger partial charge on any atom is -0.367 e. The summed E-state index contributed by atoms with van der Waals surface area (Å²) in [6.45, 7) is 2.28. The van der Waals surface area contributed by atoms with Crippen molar-refractivity contribution < 1.29 is 27.2 Å². The largest absolute Gasteiger partial charge is 0.450 e. The molecule has 1 heterocycles. The Morgan fingerprint density at radius 3 is 2.60 bits per heavy atom. The molecule has 0 spiro atoms. The van der Waals surface area contributed by atoms with Gasteiger partial charge in [-0.15, -0.1) is 0 Å². The van der Waals surface area contributed by atoms with Crippen molar-refractivity contribution in [1.82, 2.24) is 10.1 Å².